The number of carbonyl (C=O) groups excluding carboxylic acids is 1. The van der Waals surface area contributed by atoms with Crippen LogP contribution in [0, 0.1) is 16.0 Å². The predicted molar refractivity (Wildman–Crippen MR) is 122 cm³/mol. The third-order valence-corrected chi connectivity index (χ3v) is 5.93. The van der Waals surface area contributed by atoms with Crippen molar-refractivity contribution in [2.24, 2.45) is 10.9 Å². The summed E-state index contributed by atoms with van der Waals surface area (Å²) >= 11 is 0. The van der Waals surface area contributed by atoms with Gasteiger partial charge in [-0.25, -0.2) is 0 Å². The Kier molecular flexibility index (Phi) is 8.49. The molecule has 1 aliphatic carbocycles. The largest absolute Gasteiger partial charge is 0.383 e. The highest BCUT2D eigenvalue weighted by Gasteiger charge is 2.31. The summed E-state index contributed by atoms with van der Waals surface area (Å²) in [5.41, 5.74) is 0.904. The third-order valence-electron chi connectivity index (χ3n) is 5.93. The van der Waals surface area contributed by atoms with E-state index in [1.807, 2.05) is 11.8 Å². The van der Waals surface area contributed by atoms with Gasteiger partial charge in [-0.15, -0.1) is 0 Å². The van der Waals surface area contributed by atoms with E-state index in [4.69, 9.17) is 0 Å². The van der Waals surface area contributed by atoms with Crippen LogP contribution in [0.3, 0.4) is 0 Å². The lowest BCUT2D eigenvalue weighted by Gasteiger charge is -2.26. The van der Waals surface area contributed by atoms with Gasteiger partial charge in [0.05, 0.1) is 11.5 Å². The van der Waals surface area contributed by atoms with Gasteiger partial charge < -0.3 is 20.9 Å². The van der Waals surface area contributed by atoms with Crippen LogP contribution < -0.4 is 16.0 Å². The average molecular weight is 431 g/mol. The van der Waals surface area contributed by atoms with Crippen LogP contribution in [-0.2, 0) is 4.79 Å². The first-order valence-electron chi connectivity index (χ1n) is 11.4. The molecule has 0 bridgehead atoms. The number of amides is 1. The summed E-state index contributed by atoms with van der Waals surface area (Å²) < 4.78 is 0. The summed E-state index contributed by atoms with van der Waals surface area (Å²) in [6.07, 6.45) is 6.63. The molecule has 0 aromatic heterocycles. The molecule has 1 unspecified atom stereocenters. The summed E-state index contributed by atoms with van der Waals surface area (Å²) in [6, 6.07) is 6.58. The second-order valence-electron chi connectivity index (χ2n) is 8.24. The number of non-ortho nitro benzene ring substituents is 1. The minimum absolute atomic E-state index is 0.0785. The molecule has 9 heteroatoms. The molecule has 1 atom stereocenters. The first-order valence-corrected chi connectivity index (χ1v) is 11.4. The van der Waals surface area contributed by atoms with Crippen LogP contribution in [0.5, 0.6) is 0 Å². The number of hydrogen-bond acceptors (Lipinski definition) is 5. The Morgan fingerprint density at radius 1 is 1.19 bits per heavy atom. The zero-order chi connectivity index (χ0) is 22.1. The lowest BCUT2D eigenvalue weighted by atomic mass is 9.88. The summed E-state index contributed by atoms with van der Waals surface area (Å²) in [6.45, 7) is 5.52. The Labute approximate surface area is 183 Å². The lowest BCUT2D eigenvalue weighted by molar-refractivity contribution is -0.384. The van der Waals surface area contributed by atoms with Gasteiger partial charge >= 0.3 is 0 Å². The van der Waals surface area contributed by atoms with Crippen molar-refractivity contribution >= 4 is 23.2 Å². The normalized spacial score (nSPS) is 19.8. The van der Waals surface area contributed by atoms with Gasteiger partial charge in [0.1, 0.15) is 0 Å². The smallest absolute Gasteiger partial charge is 0.269 e. The molecule has 1 saturated heterocycles. The highest BCUT2D eigenvalue weighted by molar-refractivity contribution is 5.81. The molecule has 1 aliphatic heterocycles. The number of nitro benzene ring substituents is 1. The summed E-state index contributed by atoms with van der Waals surface area (Å²) in [5.74, 6) is 1.31. The quantitative estimate of drug-likeness (QED) is 0.192. The molecule has 1 aromatic rings. The second kappa shape index (κ2) is 11.5. The van der Waals surface area contributed by atoms with Crippen LogP contribution in [0.2, 0.25) is 0 Å². The number of benzene rings is 1. The van der Waals surface area contributed by atoms with E-state index in [-0.39, 0.29) is 17.6 Å². The fraction of sp³-hybridized carbons (Fsp3) is 0.636. The Bertz CT molecular complexity index is 761. The zero-order valence-electron chi connectivity index (χ0n) is 18.3. The van der Waals surface area contributed by atoms with E-state index >= 15 is 0 Å². The number of aliphatic imine (C=N–C) groups is 1. The maximum absolute atomic E-state index is 12.8. The van der Waals surface area contributed by atoms with Gasteiger partial charge in [0, 0.05) is 56.0 Å². The molecule has 3 rings (SSSR count). The molecular formula is C22H34N6O3. The number of carbonyl (C=O) groups is 1. The number of anilines is 1. The van der Waals surface area contributed by atoms with Gasteiger partial charge in [-0.3, -0.25) is 19.9 Å². The maximum Gasteiger partial charge on any atom is 0.269 e. The Morgan fingerprint density at radius 3 is 2.61 bits per heavy atom. The van der Waals surface area contributed by atoms with Crippen molar-refractivity contribution in [1.82, 2.24) is 15.5 Å². The van der Waals surface area contributed by atoms with E-state index in [0.29, 0.717) is 19.0 Å². The van der Waals surface area contributed by atoms with Gasteiger partial charge in [-0.1, -0.05) is 19.3 Å². The summed E-state index contributed by atoms with van der Waals surface area (Å²) in [5, 5.41) is 20.7. The Balaban J connectivity index is 1.44. The first-order chi connectivity index (χ1) is 15.1. The van der Waals surface area contributed by atoms with E-state index in [1.165, 1.54) is 31.4 Å². The summed E-state index contributed by atoms with van der Waals surface area (Å²) in [4.78, 5) is 29.7. The van der Waals surface area contributed by atoms with E-state index in [1.54, 1.807) is 12.1 Å². The molecule has 0 radical (unpaired) electrons. The van der Waals surface area contributed by atoms with E-state index in [9.17, 15) is 14.9 Å². The number of nitrogens with zero attached hydrogens (tertiary/aromatic N) is 3. The molecular weight excluding hydrogens is 396 g/mol. The van der Waals surface area contributed by atoms with E-state index in [0.717, 1.165) is 50.5 Å². The lowest BCUT2D eigenvalue weighted by Crippen LogP contribution is -2.45. The van der Waals surface area contributed by atoms with Crippen LogP contribution in [0.1, 0.15) is 45.4 Å². The number of likely N-dealkylation sites (tertiary alicyclic amines) is 1. The summed E-state index contributed by atoms with van der Waals surface area (Å²) in [7, 11) is 0. The van der Waals surface area contributed by atoms with Crippen LogP contribution in [0.15, 0.2) is 29.3 Å². The molecule has 1 aromatic carbocycles. The zero-order valence-corrected chi connectivity index (χ0v) is 18.3. The minimum atomic E-state index is -0.407. The molecule has 2 fully saturated rings. The minimum Gasteiger partial charge on any atom is -0.383 e. The molecule has 31 heavy (non-hydrogen) atoms. The van der Waals surface area contributed by atoms with Crippen LogP contribution in [0.4, 0.5) is 11.4 Å². The van der Waals surface area contributed by atoms with E-state index in [2.05, 4.69) is 20.9 Å². The highest BCUT2D eigenvalue weighted by atomic mass is 16.6. The molecule has 1 heterocycles. The fourth-order valence-electron chi connectivity index (χ4n) is 4.27. The van der Waals surface area contributed by atoms with Gasteiger partial charge in [-0.2, -0.15) is 0 Å². The van der Waals surface area contributed by atoms with Crippen molar-refractivity contribution in [2.45, 2.75) is 51.5 Å². The van der Waals surface area contributed by atoms with Crippen LogP contribution in [-0.4, -0.2) is 60.5 Å². The topological polar surface area (TPSA) is 112 Å². The number of nitrogens with one attached hydrogen (secondary N) is 3. The van der Waals surface area contributed by atoms with Crippen LogP contribution >= 0.6 is 0 Å². The predicted octanol–water partition coefficient (Wildman–Crippen LogP) is 2.74. The number of rotatable bonds is 8. The molecule has 9 nitrogen and oxygen atoms in total. The molecule has 170 valence electrons. The van der Waals surface area contributed by atoms with Crippen LogP contribution in [0.25, 0.3) is 0 Å². The molecule has 2 aliphatic rings. The molecule has 3 N–H and O–H groups in total. The molecule has 0 spiro atoms. The van der Waals surface area contributed by atoms with Gasteiger partial charge in [0.2, 0.25) is 5.91 Å². The van der Waals surface area contributed by atoms with Crippen molar-refractivity contribution < 1.29 is 9.72 Å². The molecule has 1 amide bonds. The van der Waals surface area contributed by atoms with Gasteiger partial charge in [0.15, 0.2) is 5.96 Å². The maximum atomic E-state index is 12.8. The van der Waals surface area contributed by atoms with E-state index < -0.39 is 4.92 Å². The van der Waals surface area contributed by atoms with Gasteiger partial charge in [0.25, 0.3) is 5.69 Å². The first kappa shape index (κ1) is 22.8. The van der Waals surface area contributed by atoms with Crippen molar-refractivity contribution in [1.29, 1.82) is 0 Å². The number of nitro groups is 1. The standard InChI is InChI=1S/C22H34N6O3/c1-2-23-22(25-14-13-24-18-8-10-20(11-9-18)28(30)31)26-19-12-15-27(16-19)21(29)17-6-4-3-5-7-17/h8-11,17,19,24H,2-7,12-16H2,1H3,(H2,23,25,26). The van der Waals surface area contributed by atoms with Crippen molar-refractivity contribution in [3.05, 3.63) is 34.4 Å². The van der Waals surface area contributed by atoms with Gasteiger partial charge in [-0.05, 0) is 38.3 Å². The van der Waals surface area contributed by atoms with Crippen molar-refractivity contribution in [2.75, 3.05) is 38.0 Å². The fourth-order valence-corrected chi connectivity index (χ4v) is 4.27. The monoisotopic (exact) mass is 430 g/mol. The number of hydrogen-bond donors (Lipinski definition) is 3. The number of guanidine groups is 1. The Morgan fingerprint density at radius 2 is 1.94 bits per heavy atom. The van der Waals surface area contributed by atoms with Crippen molar-refractivity contribution in [3.8, 4) is 0 Å². The highest BCUT2D eigenvalue weighted by Crippen LogP contribution is 2.26. The second-order valence-corrected chi connectivity index (χ2v) is 8.24. The SMILES string of the molecule is CCNC(=NCCNc1ccc([N+](=O)[O-])cc1)NC1CCN(C(=O)C2CCCCC2)C1. The molecule has 1 saturated carbocycles. The average Bonchev–Trinajstić information content (AvgIpc) is 3.25. The Hall–Kier alpha value is -2.84. The third kappa shape index (κ3) is 6.83. The van der Waals surface area contributed by atoms with Crippen molar-refractivity contribution in [3.63, 3.8) is 0 Å².